The molecule has 1 amide bonds. The van der Waals surface area contributed by atoms with Gasteiger partial charge in [0.25, 0.3) is 0 Å². The van der Waals surface area contributed by atoms with Crippen LogP contribution in [-0.2, 0) is 4.79 Å². The van der Waals surface area contributed by atoms with Crippen molar-refractivity contribution in [3.8, 4) is 0 Å². The summed E-state index contributed by atoms with van der Waals surface area (Å²) in [6.45, 7) is 4.20. The Morgan fingerprint density at radius 3 is 2.68 bits per heavy atom. The summed E-state index contributed by atoms with van der Waals surface area (Å²) in [6, 6.07) is 1.42. The van der Waals surface area contributed by atoms with E-state index in [4.69, 9.17) is 0 Å². The molecule has 0 fully saturated rings. The summed E-state index contributed by atoms with van der Waals surface area (Å²) in [5, 5.41) is 5.38. The maximum Gasteiger partial charge on any atom is 0.242 e. The summed E-state index contributed by atoms with van der Waals surface area (Å²) in [5.41, 5.74) is -0.0289. The fraction of sp³-hybridized carbons (Fsp3) is 0.462. The van der Waals surface area contributed by atoms with Crippen molar-refractivity contribution in [2.24, 2.45) is 0 Å². The maximum atomic E-state index is 13.6. The molecule has 0 aliphatic carbocycles. The highest BCUT2D eigenvalue weighted by Gasteiger charge is 2.15. The van der Waals surface area contributed by atoms with Crippen molar-refractivity contribution in [2.75, 3.05) is 11.9 Å². The van der Waals surface area contributed by atoms with Crippen LogP contribution in [0.2, 0.25) is 0 Å². The van der Waals surface area contributed by atoms with Gasteiger partial charge < -0.3 is 10.6 Å². The molecule has 0 heterocycles. The lowest BCUT2D eigenvalue weighted by Crippen LogP contribution is -2.38. The molecule has 19 heavy (non-hydrogen) atoms. The maximum absolute atomic E-state index is 13.6. The van der Waals surface area contributed by atoms with Gasteiger partial charge in [0.15, 0.2) is 0 Å². The van der Waals surface area contributed by atoms with E-state index in [-0.39, 0.29) is 16.1 Å². The predicted octanol–water partition coefficient (Wildman–Crippen LogP) is 3.44. The van der Waals surface area contributed by atoms with Crippen LogP contribution in [0.5, 0.6) is 0 Å². The average Bonchev–Trinajstić information content (AvgIpc) is 2.36. The zero-order chi connectivity index (χ0) is 14.4. The van der Waals surface area contributed by atoms with E-state index in [9.17, 15) is 13.6 Å². The summed E-state index contributed by atoms with van der Waals surface area (Å²) in [5.74, 6) is -1.43. The highest BCUT2D eigenvalue weighted by atomic mass is 79.9. The van der Waals surface area contributed by atoms with Gasteiger partial charge in [0.05, 0.1) is 10.2 Å². The monoisotopic (exact) mass is 334 g/mol. The molecule has 1 aromatic rings. The number of anilines is 1. The van der Waals surface area contributed by atoms with Crippen molar-refractivity contribution in [1.29, 1.82) is 0 Å². The van der Waals surface area contributed by atoms with E-state index in [2.05, 4.69) is 26.6 Å². The van der Waals surface area contributed by atoms with E-state index in [1.165, 1.54) is 0 Å². The Labute approximate surface area is 119 Å². The van der Waals surface area contributed by atoms with E-state index in [1.807, 2.05) is 6.92 Å². The zero-order valence-corrected chi connectivity index (χ0v) is 12.5. The lowest BCUT2D eigenvalue weighted by Gasteiger charge is -2.16. The number of hydrogen-bond acceptors (Lipinski definition) is 2. The Bertz CT molecular complexity index is 455. The van der Waals surface area contributed by atoms with E-state index < -0.39 is 17.7 Å². The molecule has 0 bridgehead atoms. The first-order valence-electron chi connectivity index (χ1n) is 6.14. The second-order valence-corrected chi connectivity index (χ2v) is 5.11. The number of unbranched alkanes of at least 4 members (excludes halogenated alkanes) is 1. The van der Waals surface area contributed by atoms with Gasteiger partial charge in [-0.25, -0.2) is 8.78 Å². The van der Waals surface area contributed by atoms with Crippen LogP contribution in [0.1, 0.15) is 26.7 Å². The molecule has 0 saturated heterocycles. The van der Waals surface area contributed by atoms with Crippen LogP contribution in [0, 0.1) is 11.6 Å². The summed E-state index contributed by atoms with van der Waals surface area (Å²) in [4.78, 5) is 11.7. The number of carbonyl (C=O) groups is 1. The molecule has 0 radical (unpaired) electrons. The summed E-state index contributed by atoms with van der Waals surface area (Å²) in [7, 11) is 0. The molecule has 0 spiro atoms. The molecule has 0 aliphatic rings. The molecule has 106 valence electrons. The van der Waals surface area contributed by atoms with Gasteiger partial charge in [0.1, 0.15) is 17.7 Å². The molecule has 1 unspecified atom stereocenters. The van der Waals surface area contributed by atoms with Gasteiger partial charge in [0, 0.05) is 12.6 Å². The Kier molecular flexibility index (Phi) is 6.21. The molecule has 6 heteroatoms. The summed E-state index contributed by atoms with van der Waals surface area (Å²) in [6.07, 6.45) is 1.87. The lowest BCUT2D eigenvalue weighted by molar-refractivity contribution is -0.121. The summed E-state index contributed by atoms with van der Waals surface area (Å²) >= 11 is 2.90. The van der Waals surface area contributed by atoms with E-state index in [0.717, 1.165) is 25.0 Å². The van der Waals surface area contributed by atoms with Crippen LogP contribution in [0.15, 0.2) is 16.6 Å². The van der Waals surface area contributed by atoms with Gasteiger partial charge in [0.2, 0.25) is 5.91 Å². The Balaban J connectivity index is 2.63. The van der Waals surface area contributed by atoms with Crippen molar-refractivity contribution in [3.63, 3.8) is 0 Å². The molecule has 1 aromatic carbocycles. The van der Waals surface area contributed by atoms with E-state index >= 15 is 0 Å². The van der Waals surface area contributed by atoms with Crippen molar-refractivity contribution >= 4 is 27.5 Å². The van der Waals surface area contributed by atoms with Crippen molar-refractivity contribution in [1.82, 2.24) is 5.32 Å². The van der Waals surface area contributed by atoms with Gasteiger partial charge in [-0.15, -0.1) is 0 Å². The number of nitrogens with one attached hydrogen (secondary N) is 2. The third kappa shape index (κ3) is 4.78. The number of rotatable bonds is 6. The predicted molar refractivity (Wildman–Crippen MR) is 75.1 cm³/mol. The van der Waals surface area contributed by atoms with Crippen molar-refractivity contribution < 1.29 is 13.6 Å². The lowest BCUT2D eigenvalue weighted by atomic mass is 10.2. The van der Waals surface area contributed by atoms with Gasteiger partial charge >= 0.3 is 0 Å². The van der Waals surface area contributed by atoms with Crippen LogP contribution in [0.3, 0.4) is 0 Å². The molecule has 1 atom stereocenters. The number of amides is 1. The molecular weight excluding hydrogens is 318 g/mol. The van der Waals surface area contributed by atoms with Crippen LogP contribution in [-0.4, -0.2) is 18.5 Å². The number of benzene rings is 1. The molecule has 3 nitrogen and oxygen atoms in total. The molecule has 0 aliphatic heterocycles. The minimum absolute atomic E-state index is 0.0289. The summed E-state index contributed by atoms with van der Waals surface area (Å²) < 4.78 is 26.9. The van der Waals surface area contributed by atoms with E-state index in [1.54, 1.807) is 6.92 Å². The molecule has 1 rings (SSSR count). The van der Waals surface area contributed by atoms with Gasteiger partial charge in [-0.2, -0.15) is 0 Å². The van der Waals surface area contributed by atoms with Crippen LogP contribution >= 0.6 is 15.9 Å². The largest absolute Gasteiger partial charge is 0.371 e. The molecular formula is C13H17BrF2N2O. The first-order chi connectivity index (χ1) is 8.95. The third-order valence-corrected chi connectivity index (χ3v) is 3.21. The number of hydrogen-bond donors (Lipinski definition) is 2. The van der Waals surface area contributed by atoms with Crippen LogP contribution < -0.4 is 10.6 Å². The van der Waals surface area contributed by atoms with Crippen molar-refractivity contribution in [2.45, 2.75) is 32.7 Å². The zero-order valence-electron chi connectivity index (χ0n) is 10.9. The quantitative estimate of drug-likeness (QED) is 0.618. The Hall–Kier alpha value is -1.17. The number of carbonyl (C=O) groups excluding carboxylic acids is 1. The van der Waals surface area contributed by atoms with Gasteiger partial charge in [-0.1, -0.05) is 13.3 Å². The first-order valence-corrected chi connectivity index (χ1v) is 6.93. The highest BCUT2D eigenvalue weighted by Crippen LogP contribution is 2.23. The molecule has 0 aromatic heterocycles. The fourth-order valence-corrected chi connectivity index (χ4v) is 1.79. The second kappa shape index (κ2) is 7.43. The highest BCUT2D eigenvalue weighted by molar-refractivity contribution is 9.10. The number of halogens is 3. The minimum atomic E-state index is -0.632. The molecule has 2 N–H and O–H groups in total. The van der Waals surface area contributed by atoms with Crippen LogP contribution in [0.4, 0.5) is 14.5 Å². The Morgan fingerprint density at radius 1 is 1.37 bits per heavy atom. The normalized spacial score (nSPS) is 12.1. The van der Waals surface area contributed by atoms with E-state index in [0.29, 0.717) is 6.54 Å². The second-order valence-electron chi connectivity index (χ2n) is 4.26. The minimum Gasteiger partial charge on any atom is -0.371 e. The average molecular weight is 335 g/mol. The van der Waals surface area contributed by atoms with Crippen molar-refractivity contribution in [3.05, 3.63) is 28.2 Å². The topological polar surface area (TPSA) is 41.1 Å². The van der Waals surface area contributed by atoms with Crippen LogP contribution in [0.25, 0.3) is 0 Å². The standard InChI is InChI=1S/C13H17BrF2N2O/c1-3-4-5-17-13(19)8(2)18-12-7-10(15)9(14)6-11(12)16/h6-8,18H,3-5H2,1-2H3,(H,17,19). The molecule has 0 saturated carbocycles. The Morgan fingerprint density at radius 2 is 2.05 bits per heavy atom. The van der Waals surface area contributed by atoms with Gasteiger partial charge in [-0.05, 0) is 35.3 Å². The third-order valence-electron chi connectivity index (χ3n) is 2.60. The fourth-order valence-electron chi connectivity index (χ4n) is 1.47. The van der Waals surface area contributed by atoms with Gasteiger partial charge in [-0.3, -0.25) is 4.79 Å². The first kappa shape index (κ1) is 15.9. The smallest absolute Gasteiger partial charge is 0.242 e. The SMILES string of the molecule is CCCCNC(=O)C(C)Nc1cc(F)c(Br)cc1F.